The summed E-state index contributed by atoms with van der Waals surface area (Å²) in [6.45, 7) is 0. The number of halogens is 2. The van der Waals surface area contributed by atoms with E-state index in [9.17, 15) is 4.79 Å². The number of nitrogens with zero attached hydrogens (tertiary/aromatic N) is 1. The first kappa shape index (κ1) is 20.8. The van der Waals surface area contributed by atoms with Crippen LogP contribution in [0, 0.1) is 0 Å². The Morgan fingerprint density at radius 1 is 0.645 bits per heavy atom. The van der Waals surface area contributed by atoms with Crippen LogP contribution in [-0.4, -0.2) is 6.03 Å². The van der Waals surface area contributed by atoms with Gasteiger partial charge < -0.3 is 5.32 Å². The molecule has 0 bridgehead atoms. The Kier molecular flexibility index (Phi) is 6.41. The van der Waals surface area contributed by atoms with Crippen molar-refractivity contribution in [1.29, 1.82) is 0 Å². The zero-order valence-corrected chi connectivity index (χ0v) is 17.9. The van der Waals surface area contributed by atoms with Gasteiger partial charge in [-0.05, 0) is 53.6 Å². The molecule has 0 radical (unpaired) electrons. The summed E-state index contributed by atoms with van der Waals surface area (Å²) in [7, 11) is 0. The van der Waals surface area contributed by atoms with Crippen molar-refractivity contribution in [2.45, 2.75) is 0 Å². The molecule has 4 aromatic carbocycles. The predicted molar refractivity (Wildman–Crippen MR) is 130 cm³/mol. The minimum Gasteiger partial charge on any atom is -0.306 e. The predicted octanol–water partition coefficient (Wildman–Crippen LogP) is 7.73. The molecule has 0 spiro atoms. The molecular formula is C25H19Cl2N3O. The molecule has 0 atom stereocenters. The molecule has 0 aliphatic heterocycles. The number of carbonyl (C=O) groups excluding carboxylic acids is 1. The average Bonchev–Trinajstić information content (AvgIpc) is 2.81. The lowest BCUT2D eigenvalue weighted by Gasteiger charge is -2.25. The molecular weight excluding hydrogens is 429 g/mol. The van der Waals surface area contributed by atoms with E-state index in [1.54, 1.807) is 18.2 Å². The molecule has 6 heteroatoms. The van der Waals surface area contributed by atoms with Gasteiger partial charge in [0.15, 0.2) is 0 Å². The number of hydrogen-bond acceptors (Lipinski definition) is 2. The second kappa shape index (κ2) is 9.56. The highest BCUT2D eigenvalue weighted by atomic mass is 35.5. The van der Waals surface area contributed by atoms with Crippen LogP contribution < -0.4 is 15.8 Å². The van der Waals surface area contributed by atoms with Crippen LogP contribution in [0.5, 0.6) is 0 Å². The van der Waals surface area contributed by atoms with Crippen molar-refractivity contribution in [2.75, 3.05) is 15.8 Å². The zero-order valence-electron chi connectivity index (χ0n) is 16.4. The van der Waals surface area contributed by atoms with Crippen LogP contribution in [0.15, 0.2) is 103 Å². The molecule has 0 aliphatic carbocycles. The van der Waals surface area contributed by atoms with Crippen molar-refractivity contribution in [1.82, 2.24) is 0 Å². The summed E-state index contributed by atoms with van der Waals surface area (Å²) in [6, 6.07) is 31.9. The molecule has 2 amide bonds. The second-order valence-electron chi connectivity index (χ2n) is 6.79. The lowest BCUT2D eigenvalue weighted by Crippen LogP contribution is -2.39. The van der Waals surface area contributed by atoms with E-state index in [-0.39, 0.29) is 6.03 Å². The Hall–Kier alpha value is -3.47. The van der Waals surface area contributed by atoms with Gasteiger partial charge in [-0.15, -0.1) is 0 Å². The number of urea groups is 1. The van der Waals surface area contributed by atoms with E-state index in [1.165, 1.54) is 5.01 Å². The molecule has 0 fully saturated rings. The highest BCUT2D eigenvalue weighted by Gasteiger charge is 2.17. The fraction of sp³-hybridized carbons (Fsp3) is 0. The van der Waals surface area contributed by atoms with Gasteiger partial charge in [0.25, 0.3) is 0 Å². The van der Waals surface area contributed by atoms with Crippen LogP contribution >= 0.6 is 23.2 Å². The molecule has 0 unspecified atom stereocenters. The fourth-order valence-corrected chi connectivity index (χ4v) is 3.36. The SMILES string of the molecule is O=C(Nc1ccc(Cl)c(Cl)c1)N(Nc1ccc(-c2ccccc2)cc1)c1ccccc1. The molecule has 4 aromatic rings. The topological polar surface area (TPSA) is 44.4 Å². The summed E-state index contributed by atoms with van der Waals surface area (Å²) < 4.78 is 0. The van der Waals surface area contributed by atoms with E-state index >= 15 is 0 Å². The molecule has 0 heterocycles. The van der Waals surface area contributed by atoms with Crippen LogP contribution in [0.2, 0.25) is 10.0 Å². The Morgan fingerprint density at radius 2 is 1.23 bits per heavy atom. The van der Waals surface area contributed by atoms with E-state index in [4.69, 9.17) is 23.2 Å². The van der Waals surface area contributed by atoms with E-state index < -0.39 is 0 Å². The van der Waals surface area contributed by atoms with Crippen molar-refractivity contribution >= 4 is 46.3 Å². The number of hydrazine groups is 1. The molecule has 0 saturated carbocycles. The third-order valence-corrected chi connectivity index (χ3v) is 5.36. The van der Waals surface area contributed by atoms with E-state index in [0.29, 0.717) is 21.4 Å². The standard InChI is InChI=1S/C25H19Cl2N3O/c26-23-16-15-21(17-24(23)27)28-25(31)30(22-9-5-2-6-10-22)29-20-13-11-19(12-14-20)18-7-3-1-4-8-18/h1-17,29H,(H,28,31). The summed E-state index contributed by atoms with van der Waals surface area (Å²) in [5.41, 5.74) is 7.41. The molecule has 0 aliphatic rings. The lowest BCUT2D eigenvalue weighted by atomic mass is 10.1. The number of anilines is 3. The minimum atomic E-state index is -0.364. The van der Waals surface area contributed by atoms with E-state index in [2.05, 4.69) is 22.9 Å². The fourth-order valence-electron chi connectivity index (χ4n) is 3.06. The van der Waals surface area contributed by atoms with Crippen LogP contribution in [0.25, 0.3) is 11.1 Å². The van der Waals surface area contributed by atoms with Crippen LogP contribution in [0.3, 0.4) is 0 Å². The first-order chi connectivity index (χ1) is 15.1. The monoisotopic (exact) mass is 447 g/mol. The molecule has 0 saturated heterocycles. The summed E-state index contributed by atoms with van der Waals surface area (Å²) in [5, 5.41) is 5.09. The summed E-state index contributed by atoms with van der Waals surface area (Å²) in [5.74, 6) is 0. The number of rotatable bonds is 5. The second-order valence-corrected chi connectivity index (χ2v) is 7.60. The number of carbonyl (C=O) groups is 1. The summed E-state index contributed by atoms with van der Waals surface area (Å²) in [6.07, 6.45) is 0. The summed E-state index contributed by atoms with van der Waals surface area (Å²) in [4.78, 5) is 13.1. The van der Waals surface area contributed by atoms with Gasteiger partial charge in [0.2, 0.25) is 0 Å². The molecule has 4 rings (SSSR count). The van der Waals surface area contributed by atoms with Gasteiger partial charge in [0.05, 0.1) is 21.4 Å². The number of nitrogens with one attached hydrogen (secondary N) is 2. The Bertz CT molecular complexity index is 1170. The summed E-state index contributed by atoms with van der Waals surface area (Å²) >= 11 is 12.0. The first-order valence-electron chi connectivity index (χ1n) is 9.63. The molecule has 31 heavy (non-hydrogen) atoms. The Balaban J connectivity index is 1.57. The largest absolute Gasteiger partial charge is 0.345 e. The Morgan fingerprint density at radius 3 is 1.87 bits per heavy atom. The average molecular weight is 448 g/mol. The lowest BCUT2D eigenvalue weighted by molar-refractivity contribution is 0.258. The third kappa shape index (κ3) is 5.18. The molecule has 154 valence electrons. The van der Waals surface area contributed by atoms with Crippen LogP contribution in [0.4, 0.5) is 21.9 Å². The maximum absolute atomic E-state index is 13.1. The van der Waals surface area contributed by atoms with Gasteiger partial charge in [-0.1, -0.05) is 83.9 Å². The van der Waals surface area contributed by atoms with Gasteiger partial charge in [-0.2, -0.15) is 0 Å². The third-order valence-electron chi connectivity index (χ3n) is 4.62. The van der Waals surface area contributed by atoms with Crippen molar-refractivity contribution in [3.05, 3.63) is 113 Å². The Labute approximate surface area is 191 Å². The van der Waals surface area contributed by atoms with E-state index in [0.717, 1.165) is 16.8 Å². The highest BCUT2D eigenvalue weighted by molar-refractivity contribution is 6.42. The first-order valence-corrected chi connectivity index (χ1v) is 10.4. The normalized spacial score (nSPS) is 10.4. The van der Waals surface area contributed by atoms with Crippen molar-refractivity contribution in [2.24, 2.45) is 0 Å². The van der Waals surface area contributed by atoms with Gasteiger partial charge in [0.1, 0.15) is 0 Å². The van der Waals surface area contributed by atoms with Gasteiger partial charge >= 0.3 is 6.03 Å². The number of amides is 2. The zero-order chi connectivity index (χ0) is 21.6. The number of benzene rings is 4. The van der Waals surface area contributed by atoms with Crippen molar-refractivity contribution in [3.8, 4) is 11.1 Å². The quantitative estimate of drug-likeness (QED) is 0.307. The van der Waals surface area contributed by atoms with Gasteiger partial charge in [-0.25, -0.2) is 9.80 Å². The number of para-hydroxylation sites is 1. The maximum Gasteiger partial charge on any atom is 0.345 e. The smallest absolute Gasteiger partial charge is 0.306 e. The maximum atomic E-state index is 13.1. The highest BCUT2D eigenvalue weighted by Crippen LogP contribution is 2.26. The number of hydrogen-bond donors (Lipinski definition) is 2. The molecule has 2 N–H and O–H groups in total. The molecule has 4 nitrogen and oxygen atoms in total. The minimum absolute atomic E-state index is 0.364. The van der Waals surface area contributed by atoms with Crippen LogP contribution in [0.1, 0.15) is 0 Å². The van der Waals surface area contributed by atoms with Gasteiger partial charge in [0, 0.05) is 5.69 Å². The van der Waals surface area contributed by atoms with Crippen molar-refractivity contribution in [3.63, 3.8) is 0 Å². The van der Waals surface area contributed by atoms with Crippen molar-refractivity contribution < 1.29 is 4.79 Å². The molecule has 0 aromatic heterocycles. The van der Waals surface area contributed by atoms with Gasteiger partial charge in [-0.3, -0.25) is 5.43 Å². The van der Waals surface area contributed by atoms with Crippen LogP contribution in [-0.2, 0) is 0 Å². The van der Waals surface area contributed by atoms with E-state index in [1.807, 2.05) is 72.8 Å².